The smallest absolute Gasteiger partial charge is 0.240 e. The molecule has 2 rings (SSSR count). The first kappa shape index (κ1) is 13.5. The molecule has 102 valence electrons. The van der Waals surface area contributed by atoms with Gasteiger partial charge in [-0.25, -0.2) is 0 Å². The summed E-state index contributed by atoms with van der Waals surface area (Å²) in [5.74, 6) is 2.70. The SMILES string of the molecule is CC(C)Cc1noc(CN2CCC(C)C(N)C2)n1. The Morgan fingerprint density at radius 3 is 2.94 bits per heavy atom. The number of aromatic nitrogens is 2. The van der Waals surface area contributed by atoms with Crippen LogP contribution < -0.4 is 5.73 Å². The molecule has 1 aromatic heterocycles. The van der Waals surface area contributed by atoms with E-state index < -0.39 is 0 Å². The molecular formula is C13H24N4O. The maximum absolute atomic E-state index is 6.09. The van der Waals surface area contributed by atoms with Crippen molar-refractivity contribution in [2.75, 3.05) is 13.1 Å². The normalized spacial score (nSPS) is 25.8. The molecule has 2 heterocycles. The molecule has 5 nitrogen and oxygen atoms in total. The molecule has 0 amide bonds. The molecule has 0 bridgehead atoms. The fourth-order valence-electron chi connectivity index (χ4n) is 2.31. The van der Waals surface area contributed by atoms with Crippen molar-refractivity contribution in [3.8, 4) is 0 Å². The Labute approximate surface area is 109 Å². The van der Waals surface area contributed by atoms with E-state index >= 15 is 0 Å². The number of hydrogen-bond acceptors (Lipinski definition) is 5. The molecule has 2 N–H and O–H groups in total. The van der Waals surface area contributed by atoms with Crippen molar-refractivity contribution >= 4 is 0 Å². The van der Waals surface area contributed by atoms with Crippen LogP contribution in [-0.4, -0.2) is 34.2 Å². The van der Waals surface area contributed by atoms with Crippen molar-refractivity contribution < 1.29 is 4.52 Å². The average molecular weight is 252 g/mol. The monoisotopic (exact) mass is 252 g/mol. The van der Waals surface area contributed by atoms with Gasteiger partial charge in [0.05, 0.1) is 6.54 Å². The van der Waals surface area contributed by atoms with Gasteiger partial charge in [-0.05, 0) is 24.8 Å². The Bertz CT molecular complexity index is 377. The topological polar surface area (TPSA) is 68.2 Å². The molecule has 1 fully saturated rings. The molecule has 2 atom stereocenters. The molecule has 1 aromatic rings. The van der Waals surface area contributed by atoms with Crippen LogP contribution in [0.5, 0.6) is 0 Å². The predicted molar refractivity (Wildman–Crippen MR) is 69.9 cm³/mol. The lowest BCUT2D eigenvalue weighted by atomic mass is 9.94. The lowest BCUT2D eigenvalue weighted by Crippen LogP contribution is -2.47. The second-order valence-corrected chi connectivity index (χ2v) is 5.87. The van der Waals surface area contributed by atoms with Crippen molar-refractivity contribution in [3.05, 3.63) is 11.7 Å². The van der Waals surface area contributed by atoms with Gasteiger partial charge >= 0.3 is 0 Å². The van der Waals surface area contributed by atoms with Crippen LogP contribution in [-0.2, 0) is 13.0 Å². The Hall–Kier alpha value is -0.940. The fraction of sp³-hybridized carbons (Fsp3) is 0.846. The number of hydrogen-bond donors (Lipinski definition) is 1. The summed E-state index contributed by atoms with van der Waals surface area (Å²) in [6.07, 6.45) is 2.02. The number of likely N-dealkylation sites (tertiary alicyclic amines) is 1. The number of nitrogens with zero attached hydrogens (tertiary/aromatic N) is 3. The van der Waals surface area contributed by atoms with Gasteiger partial charge in [-0.15, -0.1) is 0 Å². The number of nitrogens with two attached hydrogens (primary N) is 1. The molecule has 1 aliphatic heterocycles. The number of rotatable bonds is 4. The second-order valence-electron chi connectivity index (χ2n) is 5.87. The van der Waals surface area contributed by atoms with Crippen molar-refractivity contribution in [3.63, 3.8) is 0 Å². The third-order valence-electron chi connectivity index (χ3n) is 3.56. The zero-order valence-electron chi connectivity index (χ0n) is 11.6. The Morgan fingerprint density at radius 2 is 2.28 bits per heavy atom. The lowest BCUT2D eigenvalue weighted by Gasteiger charge is -2.34. The summed E-state index contributed by atoms with van der Waals surface area (Å²) in [4.78, 5) is 6.73. The van der Waals surface area contributed by atoms with Crippen LogP contribution in [0.4, 0.5) is 0 Å². The van der Waals surface area contributed by atoms with Crippen LogP contribution in [0.3, 0.4) is 0 Å². The summed E-state index contributed by atoms with van der Waals surface area (Å²) in [5.41, 5.74) is 6.09. The highest BCUT2D eigenvalue weighted by Gasteiger charge is 2.24. The molecule has 0 spiro atoms. The van der Waals surface area contributed by atoms with Gasteiger partial charge in [0.15, 0.2) is 5.82 Å². The molecule has 1 aliphatic rings. The second kappa shape index (κ2) is 5.80. The quantitative estimate of drug-likeness (QED) is 0.878. The van der Waals surface area contributed by atoms with Gasteiger partial charge in [-0.3, -0.25) is 4.90 Å². The summed E-state index contributed by atoms with van der Waals surface area (Å²) in [5, 5.41) is 4.01. The van der Waals surface area contributed by atoms with E-state index in [1.54, 1.807) is 0 Å². The highest BCUT2D eigenvalue weighted by molar-refractivity contribution is 4.89. The number of piperidine rings is 1. The largest absolute Gasteiger partial charge is 0.338 e. The van der Waals surface area contributed by atoms with E-state index in [1.165, 1.54) is 0 Å². The highest BCUT2D eigenvalue weighted by atomic mass is 16.5. The first-order valence-electron chi connectivity index (χ1n) is 6.84. The van der Waals surface area contributed by atoms with Gasteiger partial charge in [0, 0.05) is 19.0 Å². The van der Waals surface area contributed by atoms with Gasteiger partial charge in [0.25, 0.3) is 0 Å². The van der Waals surface area contributed by atoms with Crippen molar-refractivity contribution in [2.45, 2.75) is 46.2 Å². The molecule has 5 heteroatoms. The summed E-state index contributed by atoms with van der Waals surface area (Å²) >= 11 is 0. The average Bonchev–Trinajstić information content (AvgIpc) is 2.70. The maximum Gasteiger partial charge on any atom is 0.240 e. The molecule has 0 radical (unpaired) electrons. The summed E-state index contributed by atoms with van der Waals surface area (Å²) in [7, 11) is 0. The third-order valence-corrected chi connectivity index (χ3v) is 3.56. The van der Waals surface area contributed by atoms with E-state index in [0.717, 1.165) is 38.3 Å². The van der Waals surface area contributed by atoms with Gasteiger partial charge < -0.3 is 10.3 Å². The van der Waals surface area contributed by atoms with E-state index in [9.17, 15) is 0 Å². The predicted octanol–water partition coefficient (Wildman–Crippen LogP) is 1.44. The van der Waals surface area contributed by atoms with Gasteiger partial charge in [-0.1, -0.05) is 25.9 Å². The van der Waals surface area contributed by atoms with E-state index in [-0.39, 0.29) is 6.04 Å². The van der Waals surface area contributed by atoms with Crippen LogP contribution >= 0.6 is 0 Å². The van der Waals surface area contributed by atoms with Crippen LogP contribution in [0.1, 0.15) is 38.9 Å². The zero-order valence-corrected chi connectivity index (χ0v) is 11.6. The molecule has 18 heavy (non-hydrogen) atoms. The lowest BCUT2D eigenvalue weighted by molar-refractivity contribution is 0.146. The minimum absolute atomic E-state index is 0.261. The molecule has 0 saturated carbocycles. The summed E-state index contributed by atoms with van der Waals surface area (Å²) in [6.45, 7) is 9.24. The standard InChI is InChI=1S/C13H24N4O/c1-9(2)6-12-15-13(18-16-12)8-17-5-4-10(3)11(14)7-17/h9-11H,4-8,14H2,1-3H3. The Balaban J connectivity index is 1.87. The van der Waals surface area contributed by atoms with E-state index in [1.807, 2.05) is 0 Å². The molecule has 2 unspecified atom stereocenters. The van der Waals surface area contributed by atoms with Crippen LogP contribution in [0.25, 0.3) is 0 Å². The van der Waals surface area contributed by atoms with Gasteiger partial charge in [0.1, 0.15) is 0 Å². The van der Waals surface area contributed by atoms with Crippen LogP contribution in [0.2, 0.25) is 0 Å². The van der Waals surface area contributed by atoms with Gasteiger partial charge in [-0.2, -0.15) is 4.98 Å². The zero-order chi connectivity index (χ0) is 13.1. The molecule has 1 saturated heterocycles. The van der Waals surface area contributed by atoms with Gasteiger partial charge in [0.2, 0.25) is 5.89 Å². The molecule has 0 aromatic carbocycles. The minimum atomic E-state index is 0.261. The first-order chi connectivity index (χ1) is 8.54. The minimum Gasteiger partial charge on any atom is -0.338 e. The van der Waals surface area contributed by atoms with Crippen molar-refractivity contribution in [2.24, 2.45) is 17.6 Å². The Kier molecular flexibility index (Phi) is 4.35. The first-order valence-corrected chi connectivity index (χ1v) is 6.84. The summed E-state index contributed by atoms with van der Waals surface area (Å²) in [6, 6.07) is 0.261. The van der Waals surface area contributed by atoms with Crippen LogP contribution in [0, 0.1) is 11.8 Å². The maximum atomic E-state index is 6.09. The molecule has 0 aliphatic carbocycles. The van der Waals surface area contributed by atoms with Crippen molar-refractivity contribution in [1.29, 1.82) is 0 Å². The Morgan fingerprint density at radius 1 is 1.50 bits per heavy atom. The van der Waals surface area contributed by atoms with Crippen molar-refractivity contribution in [1.82, 2.24) is 15.0 Å². The fourth-order valence-corrected chi connectivity index (χ4v) is 2.31. The highest BCUT2D eigenvalue weighted by Crippen LogP contribution is 2.17. The third kappa shape index (κ3) is 3.53. The van der Waals surface area contributed by atoms with E-state index in [0.29, 0.717) is 17.7 Å². The van der Waals surface area contributed by atoms with E-state index in [4.69, 9.17) is 10.3 Å². The van der Waals surface area contributed by atoms with E-state index in [2.05, 4.69) is 35.8 Å². The summed E-state index contributed by atoms with van der Waals surface area (Å²) < 4.78 is 5.29. The van der Waals surface area contributed by atoms with Crippen LogP contribution in [0.15, 0.2) is 4.52 Å². The molecular weight excluding hydrogens is 228 g/mol.